The fourth-order valence-corrected chi connectivity index (χ4v) is 2.52. The number of unbranched alkanes of at least 4 members (excludes halogenated alkanes) is 12. The highest BCUT2D eigenvalue weighted by Crippen LogP contribution is 2.10. The van der Waals surface area contributed by atoms with Crippen LogP contribution >= 0.6 is 0 Å². The maximum atomic E-state index is 5.11. The number of hydrogen-bond donors (Lipinski definition) is 0. The van der Waals surface area contributed by atoms with Crippen LogP contribution in [0, 0.1) is 0 Å². The van der Waals surface area contributed by atoms with Gasteiger partial charge in [-0.15, -0.1) is 0 Å². The lowest BCUT2D eigenvalue weighted by atomic mass is 10.1. The van der Waals surface area contributed by atoms with Gasteiger partial charge in [-0.05, 0) is 32.1 Å². The monoisotopic (exact) mass is 294 g/mol. The summed E-state index contributed by atoms with van der Waals surface area (Å²) in [7, 11) is 0. The molecule has 0 fully saturated rings. The van der Waals surface area contributed by atoms with Crippen molar-refractivity contribution < 1.29 is 4.74 Å². The van der Waals surface area contributed by atoms with E-state index in [-0.39, 0.29) is 0 Å². The number of ether oxygens (including phenoxy) is 1. The fraction of sp³-hybridized carbons (Fsp3) is 0.800. The topological polar surface area (TPSA) is 9.23 Å². The van der Waals surface area contributed by atoms with Crippen molar-refractivity contribution in [1.82, 2.24) is 0 Å². The predicted molar refractivity (Wildman–Crippen MR) is 95.6 cm³/mol. The van der Waals surface area contributed by atoms with Crippen LogP contribution in [0.25, 0.3) is 0 Å². The van der Waals surface area contributed by atoms with Crippen LogP contribution < -0.4 is 0 Å². The summed E-state index contributed by atoms with van der Waals surface area (Å²) in [6.07, 6.45) is 25.2. The molecular formula is C20H38O. The number of allylic oxidation sites excluding steroid dienone is 2. The van der Waals surface area contributed by atoms with Gasteiger partial charge < -0.3 is 4.74 Å². The molecule has 1 nitrogen and oxygen atoms in total. The minimum absolute atomic E-state index is 0.842. The molecule has 0 aromatic heterocycles. The normalized spacial score (nSPS) is 11.1. The van der Waals surface area contributed by atoms with Gasteiger partial charge in [-0.3, -0.25) is 0 Å². The molecule has 0 saturated carbocycles. The zero-order valence-corrected chi connectivity index (χ0v) is 14.5. The van der Waals surface area contributed by atoms with Crippen molar-refractivity contribution in [2.45, 2.75) is 96.8 Å². The van der Waals surface area contributed by atoms with E-state index < -0.39 is 0 Å². The molecule has 1 heteroatoms. The molecule has 0 aliphatic rings. The summed E-state index contributed by atoms with van der Waals surface area (Å²) in [6.45, 7) is 6.66. The minimum Gasteiger partial charge on any atom is -0.502 e. The zero-order chi connectivity index (χ0) is 15.4. The Hall–Kier alpha value is -0.720. The van der Waals surface area contributed by atoms with Gasteiger partial charge in [0.15, 0.2) is 0 Å². The Morgan fingerprint density at radius 1 is 0.667 bits per heavy atom. The number of rotatable bonds is 17. The Bertz CT molecular complexity index is 220. The molecule has 0 amide bonds. The first kappa shape index (κ1) is 20.3. The highest BCUT2D eigenvalue weighted by Gasteiger charge is 1.92. The average Bonchev–Trinajstić information content (AvgIpc) is 2.50. The summed E-state index contributed by atoms with van der Waals surface area (Å²) < 4.78 is 5.11. The van der Waals surface area contributed by atoms with E-state index >= 15 is 0 Å². The van der Waals surface area contributed by atoms with Crippen LogP contribution in [0.2, 0.25) is 0 Å². The summed E-state index contributed by atoms with van der Waals surface area (Å²) >= 11 is 0. The van der Waals surface area contributed by atoms with Gasteiger partial charge in [0.2, 0.25) is 0 Å². The zero-order valence-electron chi connectivity index (χ0n) is 14.5. The Labute approximate surface area is 133 Å². The van der Waals surface area contributed by atoms with Crippen molar-refractivity contribution in [2.75, 3.05) is 6.61 Å². The molecule has 124 valence electrons. The molecule has 0 rings (SSSR count). The second-order valence-electron chi connectivity index (χ2n) is 5.98. The van der Waals surface area contributed by atoms with E-state index in [0.29, 0.717) is 0 Å². The van der Waals surface area contributed by atoms with Crippen molar-refractivity contribution in [3.8, 4) is 0 Å². The van der Waals surface area contributed by atoms with E-state index in [0.717, 1.165) is 6.61 Å². The van der Waals surface area contributed by atoms with Crippen LogP contribution in [-0.2, 0) is 4.74 Å². The van der Waals surface area contributed by atoms with Crippen molar-refractivity contribution >= 4 is 0 Å². The first-order valence-corrected chi connectivity index (χ1v) is 9.29. The first-order valence-electron chi connectivity index (χ1n) is 9.29. The van der Waals surface area contributed by atoms with E-state index in [1.54, 1.807) is 6.26 Å². The molecule has 0 atom stereocenters. The smallest absolute Gasteiger partial charge is 0.0873 e. The van der Waals surface area contributed by atoms with Gasteiger partial charge in [0.1, 0.15) is 0 Å². The molecule has 0 bridgehead atoms. The molecule has 0 heterocycles. The highest BCUT2D eigenvalue weighted by molar-refractivity contribution is 4.81. The van der Waals surface area contributed by atoms with E-state index in [1.165, 1.54) is 89.9 Å². The SMILES string of the molecule is C=COCCCCCCCCCCC=CCCCCCC. The van der Waals surface area contributed by atoms with Crippen LogP contribution in [0.1, 0.15) is 96.8 Å². The summed E-state index contributed by atoms with van der Waals surface area (Å²) in [5, 5.41) is 0. The summed E-state index contributed by atoms with van der Waals surface area (Å²) in [6, 6.07) is 0. The molecular weight excluding hydrogens is 256 g/mol. The Balaban J connectivity index is 3.01. The van der Waals surface area contributed by atoms with E-state index in [4.69, 9.17) is 4.74 Å². The minimum atomic E-state index is 0.842. The van der Waals surface area contributed by atoms with E-state index in [9.17, 15) is 0 Å². The molecule has 21 heavy (non-hydrogen) atoms. The summed E-state index contributed by atoms with van der Waals surface area (Å²) in [5.74, 6) is 0. The quantitative estimate of drug-likeness (QED) is 0.157. The Kier molecular flexibility index (Phi) is 18.6. The van der Waals surface area contributed by atoms with Crippen LogP contribution in [0.5, 0.6) is 0 Å². The van der Waals surface area contributed by atoms with Gasteiger partial charge in [-0.1, -0.05) is 83.4 Å². The average molecular weight is 295 g/mol. The maximum absolute atomic E-state index is 5.11. The molecule has 0 aromatic carbocycles. The van der Waals surface area contributed by atoms with Crippen LogP contribution in [-0.4, -0.2) is 6.61 Å². The third-order valence-corrected chi connectivity index (χ3v) is 3.89. The van der Waals surface area contributed by atoms with Crippen LogP contribution in [0.15, 0.2) is 25.0 Å². The number of hydrogen-bond acceptors (Lipinski definition) is 1. The molecule has 0 unspecified atom stereocenters. The molecule has 0 saturated heterocycles. The standard InChI is InChI=1S/C20H38O/c1-3-5-6-7-8-9-10-11-12-13-14-15-16-17-18-19-20-21-4-2/h4,9-10H,2-3,5-8,11-20H2,1H3. The van der Waals surface area contributed by atoms with E-state index in [1.807, 2.05) is 0 Å². The Morgan fingerprint density at radius 2 is 1.14 bits per heavy atom. The lowest BCUT2D eigenvalue weighted by molar-refractivity contribution is 0.241. The second kappa shape index (κ2) is 19.3. The lowest BCUT2D eigenvalue weighted by Crippen LogP contribution is -1.87. The Morgan fingerprint density at radius 3 is 1.67 bits per heavy atom. The van der Waals surface area contributed by atoms with Crippen LogP contribution in [0.3, 0.4) is 0 Å². The fourth-order valence-electron chi connectivity index (χ4n) is 2.52. The summed E-state index contributed by atoms with van der Waals surface area (Å²) in [5.41, 5.74) is 0. The lowest BCUT2D eigenvalue weighted by Gasteiger charge is -2.02. The second-order valence-corrected chi connectivity index (χ2v) is 5.98. The van der Waals surface area contributed by atoms with Gasteiger partial charge in [0.05, 0.1) is 12.9 Å². The van der Waals surface area contributed by atoms with Crippen LogP contribution in [0.4, 0.5) is 0 Å². The van der Waals surface area contributed by atoms with Crippen molar-refractivity contribution in [2.24, 2.45) is 0 Å². The third-order valence-electron chi connectivity index (χ3n) is 3.89. The predicted octanol–water partition coefficient (Wildman–Crippen LogP) is 7.18. The first-order chi connectivity index (χ1) is 10.4. The van der Waals surface area contributed by atoms with Crippen molar-refractivity contribution in [3.05, 3.63) is 25.0 Å². The molecule has 0 aliphatic carbocycles. The molecule has 0 spiro atoms. The van der Waals surface area contributed by atoms with E-state index in [2.05, 4.69) is 25.7 Å². The van der Waals surface area contributed by atoms with Gasteiger partial charge >= 0.3 is 0 Å². The summed E-state index contributed by atoms with van der Waals surface area (Å²) in [4.78, 5) is 0. The van der Waals surface area contributed by atoms with Crippen molar-refractivity contribution in [3.63, 3.8) is 0 Å². The molecule has 0 aromatic rings. The molecule has 0 radical (unpaired) electrons. The maximum Gasteiger partial charge on any atom is 0.0873 e. The molecule has 0 aliphatic heterocycles. The third kappa shape index (κ3) is 19.3. The van der Waals surface area contributed by atoms with Gasteiger partial charge in [0.25, 0.3) is 0 Å². The van der Waals surface area contributed by atoms with Gasteiger partial charge in [-0.2, -0.15) is 0 Å². The van der Waals surface area contributed by atoms with Gasteiger partial charge in [-0.25, -0.2) is 0 Å². The largest absolute Gasteiger partial charge is 0.502 e. The van der Waals surface area contributed by atoms with Gasteiger partial charge in [0, 0.05) is 0 Å². The molecule has 0 N–H and O–H groups in total. The van der Waals surface area contributed by atoms with Crippen molar-refractivity contribution in [1.29, 1.82) is 0 Å². The highest BCUT2D eigenvalue weighted by atomic mass is 16.5.